The van der Waals surface area contributed by atoms with Crippen LogP contribution in [0.4, 0.5) is 0 Å². The third-order valence-corrected chi connectivity index (χ3v) is 6.42. The van der Waals surface area contributed by atoms with Crippen molar-refractivity contribution in [3.63, 3.8) is 0 Å². The van der Waals surface area contributed by atoms with Crippen LogP contribution >= 0.6 is 11.8 Å². The first-order valence-electron chi connectivity index (χ1n) is 10.3. The molecule has 0 unspecified atom stereocenters. The van der Waals surface area contributed by atoms with E-state index in [9.17, 15) is 4.79 Å². The van der Waals surface area contributed by atoms with Gasteiger partial charge in [0, 0.05) is 31.2 Å². The highest BCUT2D eigenvalue weighted by molar-refractivity contribution is 7.99. The number of rotatable bonds is 8. The van der Waals surface area contributed by atoms with Crippen LogP contribution in [0, 0.1) is 0 Å². The molecular formula is C23H27N3O3S. The van der Waals surface area contributed by atoms with Crippen LogP contribution in [0.3, 0.4) is 0 Å². The van der Waals surface area contributed by atoms with Crippen molar-refractivity contribution in [1.29, 1.82) is 0 Å². The molecule has 0 atom stereocenters. The number of H-pyrrole nitrogens is 1. The van der Waals surface area contributed by atoms with Crippen molar-refractivity contribution >= 4 is 28.7 Å². The summed E-state index contributed by atoms with van der Waals surface area (Å²) in [7, 11) is 0. The van der Waals surface area contributed by atoms with E-state index in [-0.39, 0.29) is 11.3 Å². The number of hydrogen-bond donors (Lipinski definition) is 2. The van der Waals surface area contributed by atoms with Crippen molar-refractivity contribution < 1.29 is 14.3 Å². The lowest BCUT2D eigenvalue weighted by molar-refractivity contribution is -0.119. The van der Waals surface area contributed by atoms with Crippen LogP contribution < -0.4 is 10.1 Å². The molecule has 0 radical (unpaired) electrons. The molecule has 4 rings (SSSR count). The van der Waals surface area contributed by atoms with Crippen molar-refractivity contribution in [1.82, 2.24) is 15.3 Å². The molecule has 1 amide bonds. The normalized spacial score (nSPS) is 15.8. The number of carbonyl (C=O) groups is 1. The minimum absolute atomic E-state index is 0.0114. The summed E-state index contributed by atoms with van der Waals surface area (Å²) in [6, 6.07) is 16.2. The molecule has 0 bridgehead atoms. The molecule has 2 heterocycles. The van der Waals surface area contributed by atoms with E-state index >= 15 is 0 Å². The van der Waals surface area contributed by atoms with Crippen LogP contribution in [0.15, 0.2) is 53.7 Å². The van der Waals surface area contributed by atoms with E-state index in [0.29, 0.717) is 18.9 Å². The second kappa shape index (κ2) is 9.53. The predicted molar refractivity (Wildman–Crippen MR) is 119 cm³/mol. The second-order valence-corrected chi connectivity index (χ2v) is 8.44. The molecule has 1 saturated heterocycles. The molecule has 2 aromatic carbocycles. The lowest BCUT2D eigenvalue weighted by Gasteiger charge is -2.38. The summed E-state index contributed by atoms with van der Waals surface area (Å²) in [6.45, 7) is 4.65. The molecule has 1 aliphatic heterocycles. The van der Waals surface area contributed by atoms with Crippen LogP contribution in [0.25, 0.3) is 11.0 Å². The van der Waals surface area contributed by atoms with Crippen LogP contribution in [0.5, 0.6) is 5.75 Å². The van der Waals surface area contributed by atoms with Crippen LogP contribution in [-0.4, -0.2) is 48.0 Å². The van der Waals surface area contributed by atoms with Crippen LogP contribution in [0.2, 0.25) is 0 Å². The zero-order chi connectivity index (χ0) is 20.8. The lowest BCUT2D eigenvalue weighted by Crippen LogP contribution is -2.45. The molecule has 0 aliphatic carbocycles. The third-order valence-electron chi connectivity index (χ3n) is 5.54. The summed E-state index contributed by atoms with van der Waals surface area (Å²) in [5.41, 5.74) is 2.99. The van der Waals surface area contributed by atoms with Gasteiger partial charge in [0.1, 0.15) is 5.75 Å². The zero-order valence-corrected chi connectivity index (χ0v) is 18.0. The van der Waals surface area contributed by atoms with E-state index < -0.39 is 0 Å². The summed E-state index contributed by atoms with van der Waals surface area (Å²) in [5, 5.41) is 3.88. The first-order chi connectivity index (χ1) is 14.7. The number of aromatic nitrogens is 2. The summed E-state index contributed by atoms with van der Waals surface area (Å²) < 4.78 is 11.1. The Hall–Kier alpha value is -2.51. The van der Waals surface area contributed by atoms with Crippen molar-refractivity contribution in [3.05, 3.63) is 54.1 Å². The topological polar surface area (TPSA) is 76.2 Å². The van der Waals surface area contributed by atoms with Crippen molar-refractivity contribution in [2.45, 2.75) is 30.3 Å². The first kappa shape index (κ1) is 20.8. The number of amides is 1. The molecule has 30 heavy (non-hydrogen) atoms. The molecule has 1 aromatic heterocycles. The number of aromatic amines is 1. The Labute approximate surface area is 180 Å². The number of benzene rings is 2. The smallest absolute Gasteiger partial charge is 0.230 e. The Kier molecular flexibility index (Phi) is 6.59. The molecule has 1 fully saturated rings. The molecular weight excluding hydrogens is 398 g/mol. The quantitative estimate of drug-likeness (QED) is 0.535. The first-order valence-corrected chi connectivity index (χ1v) is 11.3. The molecule has 7 heteroatoms. The van der Waals surface area contributed by atoms with Gasteiger partial charge in [0.05, 0.1) is 23.4 Å². The summed E-state index contributed by atoms with van der Waals surface area (Å²) >= 11 is 1.41. The largest absolute Gasteiger partial charge is 0.494 e. The van der Waals surface area contributed by atoms with Crippen molar-refractivity contribution in [2.24, 2.45) is 0 Å². The van der Waals surface area contributed by atoms with E-state index in [4.69, 9.17) is 9.47 Å². The fraction of sp³-hybridized carbons (Fsp3) is 0.391. The summed E-state index contributed by atoms with van der Waals surface area (Å²) in [6.07, 6.45) is 1.83. The summed E-state index contributed by atoms with van der Waals surface area (Å²) in [5.74, 6) is 1.14. The SMILES string of the molecule is CCOc1ccc2nc(SCC(=O)NCC3(c4ccccc4)CCOCC3)[nH]c2c1. The van der Waals surface area contributed by atoms with Crippen molar-refractivity contribution in [2.75, 3.05) is 32.1 Å². The molecule has 6 nitrogen and oxygen atoms in total. The number of thioether (sulfide) groups is 1. The molecule has 2 N–H and O–H groups in total. The zero-order valence-electron chi connectivity index (χ0n) is 17.1. The predicted octanol–water partition coefficient (Wildman–Crippen LogP) is 3.92. The maximum absolute atomic E-state index is 12.6. The van der Waals surface area contributed by atoms with Gasteiger partial charge in [0.2, 0.25) is 5.91 Å². The number of carbonyl (C=O) groups excluding carboxylic acids is 1. The minimum atomic E-state index is -0.0606. The number of fused-ring (bicyclic) bond motifs is 1. The fourth-order valence-electron chi connectivity index (χ4n) is 3.86. The van der Waals surface area contributed by atoms with Gasteiger partial charge in [-0.1, -0.05) is 42.1 Å². The van der Waals surface area contributed by atoms with E-state index in [2.05, 4.69) is 39.6 Å². The van der Waals surface area contributed by atoms with Gasteiger partial charge in [-0.2, -0.15) is 0 Å². The Morgan fingerprint density at radius 3 is 2.80 bits per heavy atom. The highest BCUT2D eigenvalue weighted by atomic mass is 32.2. The molecule has 1 aliphatic rings. The van der Waals surface area contributed by atoms with Crippen molar-refractivity contribution in [3.8, 4) is 5.75 Å². The number of ether oxygens (including phenoxy) is 2. The minimum Gasteiger partial charge on any atom is -0.494 e. The average Bonchev–Trinajstić information content (AvgIpc) is 3.20. The van der Waals surface area contributed by atoms with Gasteiger partial charge < -0.3 is 19.8 Å². The monoisotopic (exact) mass is 425 g/mol. The Morgan fingerprint density at radius 1 is 1.23 bits per heavy atom. The molecule has 3 aromatic rings. The van der Waals surface area contributed by atoms with E-state index in [0.717, 1.165) is 48.0 Å². The van der Waals surface area contributed by atoms with Gasteiger partial charge in [-0.05, 0) is 37.5 Å². The molecule has 158 valence electrons. The van der Waals surface area contributed by atoms with Gasteiger partial charge in [0.25, 0.3) is 0 Å². The molecule has 0 spiro atoms. The number of nitrogens with one attached hydrogen (secondary N) is 2. The fourth-order valence-corrected chi connectivity index (χ4v) is 4.58. The number of nitrogens with zero attached hydrogens (tertiary/aromatic N) is 1. The number of imidazole rings is 1. The van der Waals surface area contributed by atoms with Gasteiger partial charge in [-0.25, -0.2) is 4.98 Å². The third kappa shape index (κ3) is 4.79. The highest BCUT2D eigenvalue weighted by Gasteiger charge is 2.34. The Morgan fingerprint density at radius 2 is 2.03 bits per heavy atom. The molecule has 0 saturated carbocycles. The van der Waals surface area contributed by atoms with Crippen LogP contribution in [0.1, 0.15) is 25.3 Å². The van der Waals surface area contributed by atoms with E-state index in [1.165, 1.54) is 17.3 Å². The Bertz CT molecular complexity index is 984. The number of hydrogen-bond acceptors (Lipinski definition) is 5. The van der Waals surface area contributed by atoms with E-state index in [1.807, 2.05) is 31.2 Å². The Balaban J connectivity index is 1.35. The van der Waals surface area contributed by atoms with Gasteiger partial charge >= 0.3 is 0 Å². The van der Waals surface area contributed by atoms with Gasteiger partial charge in [0.15, 0.2) is 5.16 Å². The van der Waals surface area contributed by atoms with Crippen LogP contribution in [-0.2, 0) is 14.9 Å². The van der Waals surface area contributed by atoms with E-state index in [1.54, 1.807) is 0 Å². The second-order valence-electron chi connectivity index (χ2n) is 7.48. The standard InChI is InChI=1S/C23H27N3O3S/c1-2-29-18-8-9-19-20(14-18)26-22(25-19)30-15-21(27)24-16-23(10-12-28-13-11-23)17-6-4-3-5-7-17/h3-9,14H,2,10-13,15-16H2,1H3,(H,24,27)(H,25,26). The average molecular weight is 426 g/mol. The summed E-state index contributed by atoms with van der Waals surface area (Å²) in [4.78, 5) is 20.4. The highest BCUT2D eigenvalue weighted by Crippen LogP contribution is 2.34. The van der Waals surface area contributed by atoms with Gasteiger partial charge in [-0.15, -0.1) is 0 Å². The maximum Gasteiger partial charge on any atom is 0.230 e. The maximum atomic E-state index is 12.6. The van der Waals surface area contributed by atoms with Gasteiger partial charge in [-0.3, -0.25) is 4.79 Å². The lowest BCUT2D eigenvalue weighted by atomic mass is 9.74.